The van der Waals surface area contributed by atoms with Gasteiger partial charge in [-0.05, 0) is 44.7 Å². The van der Waals surface area contributed by atoms with Crippen LogP contribution >= 0.6 is 0 Å². The maximum absolute atomic E-state index is 12.7. The van der Waals surface area contributed by atoms with Crippen LogP contribution in [-0.2, 0) is 11.3 Å². The van der Waals surface area contributed by atoms with Gasteiger partial charge >= 0.3 is 6.03 Å². The molecule has 0 bridgehead atoms. The topological polar surface area (TPSA) is 72.0 Å². The van der Waals surface area contributed by atoms with E-state index in [1.165, 1.54) is 25.7 Å². The lowest BCUT2D eigenvalue weighted by atomic mass is 10.2. The number of amides is 3. The molecule has 0 unspecified atom stereocenters. The van der Waals surface area contributed by atoms with Crippen molar-refractivity contribution in [1.82, 2.24) is 25.0 Å². The SMILES string of the molecule is CCN(CC)C(=O)CN1CCCN(C(=O)NCc2ccc(N3CCCCCC3)nc2)CC1. The molecule has 0 aromatic carbocycles. The van der Waals surface area contributed by atoms with Gasteiger partial charge in [-0.2, -0.15) is 0 Å². The zero-order chi connectivity index (χ0) is 22.8. The Morgan fingerprint density at radius 2 is 1.69 bits per heavy atom. The summed E-state index contributed by atoms with van der Waals surface area (Å²) in [5, 5.41) is 3.04. The number of anilines is 1. The van der Waals surface area contributed by atoms with Crippen LogP contribution < -0.4 is 10.2 Å². The van der Waals surface area contributed by atoms with Crippen molar-refractivity contribution in [2.75, 3.05) is 63.8 Å². The van der Waals surface area contributed by atoms with Crippen LogP contribution in [0.4, 0.5) is 10.6 Å². The quantitative estimate of drug-likeness (QED) is 0.700. The molecule has 8 nitrogen and oxygen atoms in total. The Kier molecular flexibility index (Phi) is 9.59. The van der Waals surface area contributed by atoms with Gasteiger partial charge in [0.25, 0.3) is 0 Å². The molecule has 32 heavy (non-hydrogen) atoms. The molecule has 3 rings (SSSR count). The molecule has 3 heterocycles. The van der Waals surface area contributed by atoms with Crippen LogP contribution in [0.25, 0.3) is 0 Å². The number of likely N-dealkylation sites (N-methyl/N-ethyl adjacent to an activating group) is 1. The normalized spacial score (nSPS) is 18.1. The summed E-state index contributed by atoms with van der Waals surface area (Å²) in [6.45, 7) is 11.5. The molecular weight excluding hydrogens is 404 g/mol. The van der Waals surface area contributed by atoms with Gasteiger partial charge in [-0.1, -0.05) is 18.9 Å². The molecule has 0 spiro atoms. The van der Waals surface area contributed by atoms with Crippen molar-refractivity contribution < 1.29 is 9.59 Å². The molecule has 0 atom stereocenters. The monoisotopic (exact) mass is 444 g/mol. The van der Waals surface area contributed by atoms with Gasteiger partial charge in [0.2, 0.25) is 5.91 Å². The highest BCUT2D eigenvalue weighted by Gasteiger charge is 2.21. The molecule has 3 amide bonds. The van der Waals surface area contributed by atoms with Gasteiger partial charge in [0.1, 0.15) is 5.82 Å². The Balaban J connectivity index is 1.43. The molecular formula is C24H40N6O2. The van der Waals surface area contributed by atoms with Crippen LogP contribution in [0.15, 0.2) is 18.3 Å². The average molecular weight is 445 g/mol. The molecule has 0 aliphatic carbocycles. The second kappa shape index (κ2) is 12.6. The third-order valence-corrected chi connectivity index (χ3v) is 6.53. The first-order valence-corrected chi connectivity index (χ1v) is 12.3. The van der Waals surface area contributed by atoms with Gasteiger partial charge in [-0.15, -0.1) is 0 Å². The smallest absolute Gasteiger partial charge is 0.317 e. The third-order valence-electron chi connectivity index (χ3n) is 6.53. The summed E-state index contributed by atoms with van der Waals surface area (Å²) in [5.41, 5.74) is 1.01. The summed E-state index contributed by atoms with van der Waals surface area (Å²) in [6, 6.07) is 4.10. The molecule has 2 fully saturated rings. The highest BCUT2D eigenvalue weighted by Crippen LogP contribution is 2.17. The Morgan fingerprint density at radius 1 is 0.938 bits per heavy atom. The van der Waals surface area contributed by atoms with Gasteiger partial charge in [0, 0.05) is 65.1 Å². The molecule has 2 aliphatic heterocycles. The molecule has 2 aliphatic rings. The van der Waals surface area contributed by atoms with E-state index in [-0.39, 0.29) is 11.9 Å². The van der Waals surface area contributed by atoms with Crippen molar-refractivity contribution in [3.05, 3.63) is 23.9 Å². The molecule has 0 saturated carbocycles. The summed E-state index contributed by atoms with van der Waals surface area (Å²) in [4.78, 5) is 38.0. The summed E-state index contributed by atoms with van der Waals surface area (Å²) in [5.74, 6) is 1.21. The third kappa shape index (κ3) is 7.08. The van der Waals surface area contributed by atoms with E-state index in [1.807, 2.05) is 29.8 Å². The number of hydrogen-bond acceptors (Lipinski definition) is 5. The van der Waals surface area contributed by atoms with Crippen LogP contribution in [-0.4, -0.2) is 90.5 Å². The van der Waals surface area contributed by atoms with Crippen molar-refractivity contribution in [3.63, 3.8) is 0 Å². The first-order chi connectivity index (χ1) is 15.6. The van der Waals surface area contributed by atoms with Crippen LogP contribution in [0.5, 0.6) is 0 Å². The lowest BCUT2D eigenvalue weighted by molar-refractivity contribution is -0.132. The predicted octanol–water partition coefficient (Wildman–Crippen LogP) is 2.55. The largest absolute Gasteiger partial charge is 0.357 e. The molecule has 0 radical (unpaired) electrons. The van der Waals surface area contributed by atoms with Crippen molar-refractivity contribution >= 4 is 17.8 Å². The van der Waals surface area contributed by atoms with Crippen LogP contribution in [0.2, 0.25) is 0 Å². The molecule has 2 saturated heterocycles. The van der Waals surface area contributed by atoms with Gasteiger partial charge < -0.3 is 20.0 Å². The zero-order valence-corrected chi connectivity index (χ0v) is 19.9. The predicted molar refractivity (Wildman–Crippen MR) is 128 cm³/mol. The fourth-order valence-electron chi connectivity index (χ4n) is 4.50. The van der Waals surface area contributed by atoms with E-state index in [2.05, 4.69) is 32.2 Å². The summed E-state index contributed by atoms with van der Waals surface area (Å²) < 4.78 is 0. The lowest BCUT2D eigenvalue weighted by Gasteiger charge is -2.25. The Hall–Kier alpha value is -2.35. The van der Waals surface area contributed by atoms with Crippen molar-refractivity contribution in [2.24, 2.45) is 0 Å². The number of urea groups is 1. The number of hydrogen-bond donors (Lipinski definition) is 1. The second-order valence-corrected chi connectivity index (χ2v) is 8.77. The summed E-state index contributed by atoms with van der Waals surface area (Å²) in [7, 11) is 0. The van der Waals surface area contributed by atoms with Crippen molar-refractivity contribution in [3.8, 4) is 0 Å². The lowest BCUT2D eigenvalue weighted by Crippen LogP contribution is -2.43. The minimum atomic E-state index is -0.0430. The minimum absolute atomic E-state index is 0.0430. The first kappa shape index (κ1) is 24.3. The van der Waals surface area contributed by atoms with Crippen LogP contribution in [0.3, 0.4) is 0 Å². The molecule has 178 valence electrons. The van der Waals surface area contributed by atoms with Crippen LogP contribution in [0.1, 0.15) is 51.5 Å². The zero-order valence-electron chi connectivity index (χ0n) is 19.9. The highest BCUT2D eigenvalue weighted by atomic mass is 16.2. The van der Waals surface area contributed by atoms with Gasteiger partial charge in [-0.3, -0.25) is 9.69 Å². The van der Waals surface area contributed by atoms with E-state index in [9.17, 15) is 9.59 Å². The second-order valence-electron chi connectivity index (χ2n) is 8.77. The van der Waals surface area contributed by atoms with Crippen molar-refractivity contribution in [2.45, 2.75) is 52.5 Å². The average Bonchev–Trinajstić information content (AvgIpc) is 3.22. The standard InChI is InChI=1S/C24H40N6O2/c1-3-28(4-2)23(31)20-27-12-9-15-30(17-16-27)24(32)26-19-21-10-11-22(25-18-21)29-13-7-5-6-8-14-29/h10-11,18H,3-9,12-17,19-20H2,1-2H3,(H,26,32). The number of carbonyl (C=O) groups excluding carboxylic acids is 2. The van der Waals surface area contributed by atoms with E-state index in [1.54, 1.807) is 0 Å². The molecule has 1 N–H and O–H groups in total. The van der Waals surface area contributed by atoms with E-state index >= 15 is 0 Å². The van der Waals surface area contributed by atoms with Crippen molar-refractivity contribution in [1.29, 1.82) is 0 Å². The van der Waals surface area contributed by atoms with E-state index < -0.39 is 0 Å². The number of pyridine rings is 1. The van der Waals surface area contributed by atoms with E-state index in [4.69, 9.17) is 0 Å². The van der Waals surface area contributed by atoms with E-state index in [0.717, 1.165) is 57.1 Å². The van der Waals surface area contributed by atoms with Gasteiger partial charge in [-0.25, -0.2) is 9.78 Å². The Morgan fingerprint density at radius 3 is 2.34 bits per heavy atom. The van der Waals surface area contributed by atoms with Gasteiger partial charge in [0.15, 0.2) is 0 Å². The van der Waals surface area contributed by atoms with E-state index in [0.29, 0.717) is 26.2 Å². The number of nitrogens with zero attached hydrogens (tertiary/aromatic N) is 5. The Labute approximate surface area is 192 Å². The molecule has 1 aromatic rings. The number of aromatic nitrogens is 1. The number of rotatable bonds is 7. The number of nitrogens with one attached hydrogen (secondary N) is 1. The highest BCUT2D eigenvalue weighted by molar-refractivity contribution is 5.78. The first-order valence-electron chi connectivity index (χ1n) is 12.3. The minimum Gasteiger partial charge on any atom is -0.357 e. The fourth-order valence-corrected chi connectivity index (χ4v) is 4.50. The maximum Gasteiger partial charge on any atom is 0.317 e. The molecule has 1 aromatic heterocycles. The summed E-state index contributed by atoms with van der Waals surface area (Å²) in [6.07, 6.45) is 7.84. The molecule has 8 heteroatoms. The van der Waals surface area contributed by atoms with Crippen LogP contribution in [0, 0.1) is 0 Å². The van der Waals surface area contributed by atoms with Gasteiger partial charge in [0.05, 0.1) is 6.54 Å². The Bertz CT molecular complexity index is 714. The maximum atomic E-state index is 12.7. The fraction of sp³-hybridized carbons (Fsp3) is 0.708. The summed E-state index contributed by atoms with van der Waals surface area (Å²) >= 11 is 0. The number of carbonyl (C=O) groups is 2.